The largest absolute Gasteiger partial charge is 0.480 e. The first-order valence-electron chi connectivity index (χ1n) is 6.76. The van der Waals surface area contributed by atoms with Crippen molar-refractivity contribution in [2.75, 3.05) is 26.2 Å². The maximum Gasteiger partial charge on any atom is 0.317 e. The minimum atomic E-state index is -0.996. The van der Waals surface area contributed by atoms with Crippen LogP contribution in [-0.4, -0.2) is 53.0 Å². The first kappa shape index (κ1) is 16.7. The van der Waals surface area contributed by atoms with Crippen molar-refractivity contribution in [3.8, 4) is 12.3 Å². The maximum atomic E-state index is 12.3. The second-order valence-corrected chi connectivity index (χ2v) is 4.64. The molecule has 0 fully saturated rings. The number of rotatable bonds is 8. The number of hydrogen-bond donors (Lipinski definition) is 1. The molecule has 0 saturated carbocycles. The van der Waals surface area contributed by atoms with Crippen LogP contribution in [0.15, 0.2) is 30.3 Å². The summed E-state index contributed by atoms with van der Waals surface area (Å²) in [6, 6.07) is 9.66. The zero-order valence-electron chi connectivity index (χ0n) is 12.2. The number of terminal acetylenes is 1. The van der Waals surface area contributed by atoms with Crippen molar-refractivity contribution in [3.63, 3.8) is 0 Å². The predicted molar refractivity (Wildman–Crippen MR) is 80.4 cm³/mol. The highest BCUT2D eigenvalue weighted by atomic mass is 16.4. The highest BCUT2D eigenvalue weighted by molar-refractivity contribution is 5.79. The molecule has 0 aliphatic rings. The van der Waals surface area contributed by atoms with Crippen molar-refractivity contribution < 1.29 is 14.7 Å². The van der Waals surface area contributed by atoms with Crippen molar-refractivity contribution in [1.29, 1.82) is 0 Å². The van der Waals surface area contributed by atoms with E-state index in [9.17, 15) is 9.59 Å². The Morgan fingerprint density at radius 1 is 1.24 bits per heavy atom. The molecule has 0 aliphatic heterocycles. The molecule has 0 bridgehead atoms. The van der Waals surface area contributed by atoms with E-state index in [4.69, 9.17) is 11.5 Å². The molecule has 0 aromatic heterocycles. The third kappa shape index (κ3) is 6.11. The lowest BCUT2D eigenvalue weighted by molar-refractivity contribution is -0.139. The molecule has 1 N–H and O–H groups in total. The molecule has 112 valence electrons. The van der Waals surface area contributed by atoms with E-state index in [1.807, 2.05) is 37.3 Å². The number of nitrogens with zero attached hydrogens (tertiary/aromatic N) is 2. The Labute approximate surface area is 125 Å². The lowest BCUT2D eigenvalue weighted by Crippen LogP contribution is -2.42. The topological polar surface area (TPSA) is 60.9 Å². The van der Waals surface area contributed by atoms with Crippen molar-refractivity contribution in [3.05, 3.63) is 35.9 Å². The van der Waals surface area contributed by atoms with E-state index in [-0.39, 0.29) is 25.5 Å². The first-order chi connectivity index (χ1) is 10.1. The summed E-state index contributed by atoms with van der Waals surface area (Å²) in [5.74, 6) is 1.25. The van der Waals surface area contributed by atoms with Crippen LogP contribution in [0.4, 0.5) is 0 Å². The number of benzene rings is 1. The molecule has 0 aliphatic carbocycles. The van der Waals surface area contributed by atoms with Crippen LogP contribution in [0, 0.1) is 12.3 Å². The standard InChI is InChI=1S/C16H20N2O3/c1-3-10-17(13-16(20)21)12-15(19)18(4-2)11-14-8-6-5-7-9-14/h1,5-9H,4,10-13H2,2H3,(H,20,21). The van der Waals surface area contributed by atoms with E-state index in [1.165, 1.54) is 4.90 Å². The van der Waals surface area contributed by atoms with Crippen LogP contribution in [0.25, 0.3) is 0 Å². The Morgan fingerprint density at radius 3 is 2.43 bits per heavy atom. The van der Waals surface area contributed by atoms with Crippen molar-refractivity contribution >= 4 is 11.9 Å². The van der Waals surface area contributed by atoms with Gasteiger partial charge in [-0.05, 0) is 12.5 Å². The third-order valence-corrected chi connectivity index (χ3v) is 2.98. The smallest absolute Gasteiger partial charge is 0.317 e. The molecule has 1 aromatic carbocycles. The Bertz CT molecular complexity index is 508. The number of carbonyl (C=O) groups is 2. The van der Waals surface area contributed by atoms with Crippen molar-refractivity contribution in [2.24, 2.45) is 0 Å². The molecule has 1 aromatic rings. The monoisotopic (exact) mass is 288 g/mol. The molecule has 1 amide bonds. The molecule has 5 nitrogen and oxygen atoms in total. The second-order valence-electron chi connectivity index (χ2n) is 4.64. The third-order valence-electron chi connectivity index (χ3n) is 2.98. The number of carboxylic acids is 1. The summed E-state index contributed by atoms with van der Waals surface area (Å²) in [5.41, 5.74) is 1.04. The van der Waals surface area contributed by atoms with Gasteiger partial charge in [0.1, 0.15) is 0 Å². The summed E-state index contributed by atoms with van der Waals surface area (Å²) in [6.45, 7) is 2.87. The fourth-order valence-electron chi connectivity index (χ4n) is 1.96. The molecule has 21 heavy (non-hydrogen) atoms. The first-order valence-corrected chi connectivity index (χ1v) is 6.76. The molecule has 0 heterocycles. The highest BCUT2D eigenvalue weighted by Gasteiger charge is 2.17. The Morgan fingerprint density at radius 2 is 1.90 bits per heavy atom. The van der Waals surface area contributed by atoms with Gasteiger partial charge in [0, 0.05) is 13.1 Å². The van der Waals surface area contributed by atoms with Gasteiger partial charge in [-0.1, -0.05) is 36.3 Å². The number of aliphatic carboxylic acids is 1. The van der Waals surface area contributed by atoms with E-state index in [0.717, 1.165) is 5.56 Å². The molecule has 0 saturated heterocycles. The molecule has 1 rings (SSSR count). The Hall–Kier alpha value is -2.32. The van der Waals surface area contributed by atoms with Gasteiger partial charge >= 0.3 is 5.97 Å². The summed E-state index contributed by atoms with van der Waals surface area (Å²) in [4.78, 5) is 26.2. The zero-order chi connectivity index (χ0) is 15.7. The van der Waals surface area contributed by atoms with Gasteiger partial charge in [0.05, 0.1) is 19.6 Å². The SMILES string of the molecule is C#CCN(CC(=O)O)CC(=O)N(CC)Cc1ccccc1. The van der Waals surface area contributed by atoms with Crippen molar-refractivity contribution in [1.82, 2.24) is 9.80 Å². The molecule has 0 radical (unpaired) electrons. The zero-order valence-corrected chi connectivity index (χ0v) is 12.2. The minimum absolute atomic E-state index is 0.0111. The van der Waals surface area contributed by atoms with Gasteiger partial charge in [0.15, 0.2) is 0 Å². The normalized spacial score (nSPS) is 10.1. The van der Waals surface area contributed by atoms with Crippen LogP contribution in [0.3, 0.4) is 0 Å². The van der Waals surface area contributed by atoms with E-state index >= 15 is 0 Å². The summed E-state index contributed by atoms with van der Waals surface area (Å²) < 4.78 is 0. The van der Waals surface area contributed by atoms with Gasteiger partial charge in [-0.2, -0.15) is 0 Å². The predicted octanol–water partition coefficient (Wildman–Crippen LogP) is 1.05. The van der Waals surface area contributed by atoms with Gasteiger partial charge < -0.3 is 10.0 Å². The molecule has 5 heteroatoms. The van der Waals surface area contributed by atoms with Crippen LogP contribution in [0.1, 0.15) is 12.5 Å². The average Bonchev–Trinajstić information content (AvgIpc) is 2.45. The quantitative estimate of drug-likeness (QED) is 0.727. The Balaban J connectivity index is 2.65. The maximum absolute atomic E-state index is 12.3. The summed E-state index contributed by atoms with van der Waals surface area (Å²) in [7, 11) is 0. The van der Waals surface area contributed by atoms with Gasteiger partial charge in [-0.3, -0.25) is 14.5 Å². The number of carbonyl (C=O) groups excluding carboxylic acids is 1. The average molecular weight is 288 g/mol. The van der Waals surface area contributed by atoms with Gasteiger partial charge in [-0.25, -0.2) is 0 Å². The summed E-state index contributed by atoms with van der Waals surface area (Å²) >= 11 is 0. The van der Waals surface area contributed by atoms with Gasteiger partial charge in [0.25, 0.3) is 0 Å². The number of hydrogen-bond acceptors (Lipinski definition) is 3. The summed E-state index contributed by atoms with van der Waals surface area (Å²) in [5, 5.41) is 8.82. The fraction of sp³-hybridized carbons (Fsp3) is 0.375. The van der Waals surface area contributed by atoms with E-state index < -0.39 is 5.97 Å². The molecular formula is C16H20N2O3. The fourth-order valence-corrected chi connectivity index (χ4v) is 1.96. The van der Waals surface area contributed by atoms with E-state index in [2.05, 4.69) is 5.92 Å². The number of likely N-dealkylation sites (N-methyl/N-ethyl adjacent to an activating group) is 1. The van der Waals surface area contributed by atoms with Crippen molar-refractivity contribution in [2.45, 2.75) is 13.5 Å². The summed E-state index contributed by atoms with van der Waals surface area (Å²) in [6.07, 6.45) is 5.20. The lowest BCUT2D eigenvalue weighted by atomic mass is 10.2. The Kier molecular flexibility index (Phi) is 6.99. The van der Waals surface area contributed by atoms with Crippen LogP contribution >= 0.6 is 0 Å². The minimum Gasteiger partial charge on any atom is -0.480 e. The van der Waals surface area contributed by atoms with Crippen LogP contribution < -0.4 is 0 Å². The van der Waals surface area contributed by atoms with Crippen LogP contribution in [-0.2, 0) is 16.1 Å². The molecule has 0 atom stereocenters. The van der Waals surface area contributed by atoms with Gasteiger partial charge in [-0.15, -0.1) is 6.42 Å². The van der Waals surface area contributed by atoms with Gasteiger partial charge in [0.2, 0.25) is 5.91 Å². The van der Waals surface area contributed by atoms with E-state index in [1.54, 1.807) is 4.90 Å². The molecule has 0 spiro atoms. The number of amides is 1. The molecule has 0 unspecified atom stereocenters. The lowest BCUT2D eigenvalue weighted by Gasteiger charge is -2.24. The van der Waals surface area contributed by atoms with E-state index in [0.29, 0.717) is 13.1 Å². The number of carboxylic acid groups (broad SMARTS) is 1. The van der Waals surface area contributed by atoms with Crippen LogP contribution in [0.5, 0.6) is 0 Å². The van der Waals surface area contributed by atoms with Crippen LogP contribution in [0.2, 0.25) is 0 Å². The second kappa shape index (κ2) is 8.77. The highest BCUT2D eigenvalue weighted by Crippen LogP contribution is 2.05. The molecular weight excluding hydrogens is 268 g/mol.